The van der Waals surface area contributed by atoms with Gasteiger partial charge in [0.05, 0.1) is 25.6 Å². The fourth-order valence-corrected chi connectivity index (χ4v) is 3.48. The number of hydrogen-bond acceptors (Lipinski definition) is 5. The molecule has 3 heterocycles. The van der Waals surface area contributed by atoms with E-state index in [1.807, 2.05) is 30.1 Å². The van der Waals surface area contributed by atoms with Crippen molar-refractivity contribution in [3.05, 3.63) is 72.2 Å². The topological polar surface area (TPSA) is 55.5 Å². The van der Waals surface area contributed by atoms with Crippen LogP contribution in [0.4, 0.5) is 0 Å². The maximum Gasteiger partial charge on any atom is 0.122 e. The van der Waals surface area contributed by atoms with Gasteiger partial charge in [0.25, 0.3) is 0 Å². The first kappa shape index (κ1) is 18.0. The van der Waals surface area contributed by atoms with E-state index in [4.69, 9.17) is 9.15 Å². The van der Waals surface area contributed by atoms with Gasteiger partial charge in [0.15, 0.2) is 0 Å². The Morgan fingerprint density at radius 2 is 1.93 bits per heavy atom. The van der Waals surface area contributed by atoms with Crippen molar-refractivity contribution in [2.24, 2.45) is 0 Å². The number of morpholine rings is 1. The Bertz CT molecular complexity index is 820. The summed E-state index contributed by atoms with van der Waals surface area (Å²) in [6.07, 6.45) is 5.55. The Labute approximate surface area is 159 Å². The van der Waals surface area contributed by atoms with Crippen LogP contribution in [0, 0.1) is 6.92 Å². The first-order valence-corrected chi connectivity index (χ1v) is 9.46. The maximum absolute atomic E-state index is 5.93. The molecule has 0 amide bonds. The van der Waals surface area contributed by atoms with Crippen molar-refractivity contribution < 1.29 is 9.15 Å². The average Bonchev–Trinajstić information content (AvgIpc) is 3.39. The SMILES string of the molecule is Cc1ccc(C(CNCc2ccc(-n3ccnc3)cc2)N2CCOCC2)o1. The van der Waals surface area contributed by atoms with Crippen molar-refractivity contribution in [1.29, 1.82) is 0 Å². The third-order valence-corrected chi connectivity index (χ3v) is 4.98. The largest absolute Gasteiger partial charge is 0.465 e. The third kappa shape index (κ3) is 4.47. The molecule has 27 heavy (non-hydrogen) atoms. The smallest absolute Gasteiger partial charge is 0.122 e. The van der Waals surface area contributed by atoms with Crippen LogP contribution in [0.25, 0.3) is 5.69 Å². The van der Waals surface area contributed by atoms with Gasteiger partial charge in [0.2, 0.25) is 0 Å². The number of ether oxygens (including phenoxy) is 1. The molecule has 1 aliphatic heterocycles. The molecule has 0 aliphatic carbocycles. The van der Waals surface area contributed by atoms with Crippen molar-refractivity contribution in [2.45, 2.75) is 19.5 Å². The van der Waals surface area contributed by atoms with Crippen LogP contribution >= 0.6 is 0 Å². The van der Waals surface area contributed by atoms with E-state index in [0.29, 0.717) is 0 Å². The minimum atomic E-state index is 0.229. The molecule has 1 aliphatic rings. The van der Waals surface area contributed by atoms with E-state index in [2.05, 4.69) is 45.5 Å². The van der Waals surface area contributed by atoms with Crippen molar-refractivity contribution in [3.8, 4) is 5.69 Å². The number of aromatic nitrogens is 2. The lowest BCUT2D eigenvalue weighted by molar-refractivity contribution is 0.0115. The summed E-state index contributed by atoms with van der Waals surface area (Å²) in [4.78, 5) is 6.53. The third-order valence-electron chi connectivity index (χ3n) is 4.98. The van der Waals surface area contributed by atoms with Gasteiger partial charge in [-0.1, -0.05) is 12.1 Å². The zero-order valence-corrected chi connectivity index (χ0v) is 15.7. The van der Waals surface area contributed by atoms with Gasteiger partial charge in [-0.05, 0) is 36.8 Å². The normalized spacial score (nSPS) is 16.5. The monoisotopic (exact) mass is 366 g/mol. The molecule has 142 valence electrons. The summed E-state index contributed by atoms with van der Waals surface area (Å²) in [7, 11) is 0. The number of benzene rings is 1. The Morgan fingerprint density at radius 1 is 1.11 bits per heavy atom. The molecule has 3 aromatic rings. The summed E-state index contributed by atoms with van der Waals surface area (Å²) in [6.45, 7) is 7.10. The summed E-state index contributed by atoms with van der Waals surface area (Å²) >= 11 is 0. The van der Waals surface area contributed by atoms with Gasteiger partial charge in [0, 0.05) is 44.3 Å². The standard InChI is InChI=1S/C21H26N4O2/c1-17-2-7-21(27-17)20(24-10-12-26-13-11-24)15-23-14-18-3-5-19(6-4-18)25-9-8-22-16-25/h2-9,16,20,23H,10-15H2,1H3. The summed E-state index contributed by atoms with van der Waals surface area (Å²) < 4.78 is 13.4. The Hall–Kier alpha value is -2.41. The Balaban J connectivity index is 1.37. The van der Waals surface area contributed by atoms with Gasteiger partial charge in [-0.3, -0.25) is 4.90 Å². The van der Waals surface area contributed by atoms with E-state index >= 15 is 0 Å². The Morgan fingerprint density at radius 3 is 2.59 bits per heavy atom. The number of imidazole rings is 1. The highest BCUT2D eigenvalue weighted by Gasteiger charge is 2.24. The van der Waals surface area contributed by atoms with Gasteiger partial charge in [-0.15, -0.1) is 0 Å². The molecule has 6 heteroatoms. The summed E-state index contributed by atoms with van der Waals surface area (Å²) in [6, 6.07) is 12.9. The second-order valence-corrected chi connectivity index (χ2v) is 6.88. The molecular formula is C21H26N4O2. The first-order valence-electron chi connectivity index (χ1n) is 9.46. The number of furan rings is 1. The van der Waals surface area contributed by atoms with E-state index in [1.165, 1.54) is 5.56 Å². The molecule has 0 spiro atoms. The van der Waals surface area contributed by atoms with E-state index in [1.54, 1.807) is 6.20 Å². The van der Waals surface area contributed by atoms with Crippen LogP contribution in [0.2, 0.25) is 0 Å². The molecule has 1 saturated heterocycles. The lowest BCUT2D eigenvalue weighted by Gasteiger charge is -2.33. The lowest BCUT2D eigenvalue weighted by Crippen LogP contribution is -2.42. The zero-order chi connectivity index (χ0) is 18.5. The molecule has 1 fully saturated rings. The molecular weight excluding hydrogens is 340 g/mol. The van der Waals surface area contributed by atoms with Crippen LogP contribution in [0.3, 0.4) is 0 Å². The molecule has 4 rings (SSSR count). The van der Waals surface area contributed by atoms with E-state index in [0.717, 1.165) is 56.6 Å². The molecule has 6 nitrogen and oxygen atoms in total. The molecule has 1 unspecified atom stereocenters. The van der Waals surface area contributed by atoms with Crippen LogP contribution in [0.5, 0.6) is 0 Å². The predicted molar refractivity (Wildman–Crippen MR) is 104 cm³/mol. The van der Waals surface area contributed by atoms with Crippen molar-refractivity contribution in [1.82, 2.24) is 19.8 Å². The van der Waals surface area contributed by atoms with Crippen LogP contribution < -0.4 is 5.32 Å². The van der Waals surface area contributed by atoms with Crippen LogP contribution in [0.1, 0.15) is 23.1 Å². The van der Waals surface area contributed by atoms with Gasteiger partial charge >= 0.3 is 0 Å². The molecule has 0 saturated carbocycles. The average molecular weight is 366 g/mol. The summed E-state index contributed by atoms with van der Waals surface area (Å²) in [5.74, 6) is 1.98. The molecule has 1 atom stereocenters. The zero-order valence-electron chi connectivity index (χ0n) is 15.7. The first-order chi connectivity index (χ1) is 13.3. The molecule has 2 aromatic heterocycles. The number of nitrogens with one attached hydrogen (secondary N) is 1. The van der Waals surface area contributed by atoms with E-state index < -0.39 is 0 Å². The van der Waals surface area contributed by atoms with Gasteiger partial charge in [-0.25, -0.2) is 4.98 Å². The van der Waals surface area contributed by atoms with Gasteiger partial charge in [-0.2, -0.15) is 0 Å². The van der Waals surface area contributed by atoms with Crippen LogP contribution in [0.15, 0.2) is 59.5 Å². The van der Waals surface area contributed by atoms with Gasteiger partial charge < -0.3 is 19.0 Å². The molecule has 1 aromatic carbocycles. The number of hydrogen-bond donors (Lipinski definition) is 1. The minimum absolute atomic E-state index is 0.229. The quantitative estimate of drug-likeness (QED) is 0.697. The fourth-order valence-electron chi connectivity index (χ4n) is 3.48. The van der Waals surface area contributed by atoms with Crippen molar-refractivity contribution >= 4 is 0 Å². The summed E-state index contributed by atoms with van der Waals surface area (Å²) in [5, 5.41) is 3.60. The highest BCUT2D eigenvalue weighted by atomic mass is 16.5. The predicted octanol–water partition coefficient (Wildman–Crippen LogP) is 2.94. The van der Waals surface area contributed by atoms with Crippen LogP contribution in [-0.2, 0) is 11.3 Å². The highest BCUT2D eigenvalue weighted by molar-refractivity contribution is 5.34. The number of aryl methyl sites for hydroxylation is 1. The van der Waals surface area contributed by atoms with Crippen molar-refractivity contribution in [2.75, 3.05) is 32.8 Å². The molecule has 0 bridgehead atoms. The van der Waals surface area contributed by atoms with E-state index in [9.17, 15) is 0 Å². The Kier molecular flexibility index (Phi) is 5.67. The van der Waals surface area contributed by atoms with Crippen molar-refractivity contribution in [3.63, 3.8) is 0 Å². The van der Waals surface area contributed by atoms with E-state index in [-0.39, 0.29) is 6.04 Å². The van der Waals surface area contributed by atoms with Gasteiger partial charge in [0.1, 0.15) is 11.5 Å². The highest BCUT2D eigenvalue weighted by Crippen LogP contribution is 2.23. The second-order valence-electron chi connectivity index (χ2n) is 6.88. The van der Waals surface area contributed by atoms with Crippen LogP contribution in [-0.4, -0.2) is 47.3 Å². The number of rotatable bonds is 7. The maximum atomic E-state index is 5.93. The fraction of sp³-hybridized carbons (Fsp3) is 0.381. The minimum Gasteiger partial charge on any atom is -0.465 e. The second kappa shape index (κ2) is 8.52. The summed E-state index contributed by atoms with van der Waals surface area (Å²) in [5.41, 5.74) is 2.38. The number of nitrogens with zero attached hydrogens (tertiary/aromatic N) is 3. The lowest BCUT2D eigenvalue weighted by atomic mass is 10.1. The molecule has 1 N–H and O–H groups in total. The molecule has 0 radical (unpaired) electrons.